The van der Waals surface area contributed by atoms with Gasteiger partial charge in [-0.3, -0.25) is 4.79 Å². The molecule has 0 aliphatic heterocycles. The molecule has 0 heterocycles. The molecule has 3 aromatic carbocycles. The van der Waals surface area contributed by atoms with Crippen molar-refractivity contribution >= 4 is 17.7 Å². The van der Waals surface area contributed by atoms with Crippen molar-refractivity contribution in [2.24, 2.45) is 0 Å². The Morgan fingerprint density at radius 3 is 2.40 bits per heavy atom. The molecule has 1 aliphatic rings. The topological polar surface area (TPSA) is 67.4 Å². The second-order valence-corrected chi connectivity index (χ2v) is 8.15. The van der Waals surface area contributed by atoms with Crippen molar-refractivity contribution in [2.75, 3.05) is 11.9 Å². The second-order valence-electron chi connectivity index (χ2n) is 8.15. The summed E-state index contributed by atoms with van der Waals surface area (Å²) in [6.07, 6.45) is -3.82. The summed E-state index contributed by atoms with van der Waals surface area (Å²) in [4.78, 5) is 24.7. The largest absolute Gasteiger partial charge is 0.450 e. The van der Waals surface area contributed by atoms with E-state index in [2.05, 4.69) is 10.6 Å². The first-order valence-electron chi connectivity index (χ1n) is 11.0. The Kier molecular flexibility index (Phi) is 6.77. The van der Waals surface area contributed by atoms with Gasteiger partial charge in [-0.25, -0.2) is 9.18 Å². The van der Waals surface area contributed by atoms with Gasteiger partial charge < -0.3 is 15.4 Å². The highest BCUT2D eigenvalue weighted by atomic mass is 19.4. The van der Waals surface area contributed by atoms with Crippen molar-refractivity contribution in [3.63, 3.8) is 0 Å². The maximum absolute atomic E-state index is 14.7. The first kappa shape index (κ1) is 24.3. The summed E-state index contributed by atoms with van der Waals surface area (Å²) in [5.41, 5.74) is 1.74. The average molecular weight is 486 g/mol. The monoisotopic (exact) mass is 486 g/mol. The van der Waals surface area contributed by atoms with Crippen LogP contribution in [-0.2, 0) is 23.8 Å². The number of carbonyl (C=O) groups excluding carboxylic acids is 2. The molecule has 1 atom stereocenters. The molecule has 35 heavy (non-hydrogen) atoms. The molecule has 0 fully saturated rings. The van der Waals surface area contributed by atoms with Crippen molar-refractivity contribution in [3.05, 3.63) is 88.7 Å². The highest BCUT2D eigenvalue weighted by molar-refractivity contribution is 6.09. The van der Waals surface area contributed by atoms with Gasteiger partial charge in [0, 0.05) is 11.7 Å². The molecule has 0 bridgehead atoms. The van der Waals surface area contributed by atoms with Crippen LogP contribution in [0.15, 0.2) is 60.7 Å². The molecule has 5 nitrogen and oxygen atoms in total. The van der Waals surface area contributed by atoms with E-state index in [0.717, 1.165) is 29.3 Å². The quantitative estimate of drug-likeness (QED) is 0.436. The zero-order valence-corrected chi connectivity index (χ0v) is 18.7. The van der Waals surface area contributed by atoms with E-state index < -0.39 is 29.6 Å². The third-order valence-corrected chi connectivity index (χ3v) is 5.76. The number of anilines is 1. The SMILES string of the molecule is CCOC(=O)NC1Cc2ccc(NC(=O)c3c(F)cccc3-c3ccc(C(F)(F)F)cc3)cc2C1. The molecule has 0 spiro atoms. The van der Waals surface area contributed by atoms with Crippen LogP contribution in [0, 0.1) is 5.82 Å². The molecular formula is C26H22F4N2O3. The summed E-state index contributed by atoms with van der Waals surface area (Å²) in [7, 11) is 0. The molecule has 0 saturated carbocycles. The lowest BCUT2D eigenvalue weighted by Gasteiger charge is -2.13. The van der Waals surface area contributed by atoms with Crippen molar-refractivity contribution in [1.29, 1.82) is 0 Å². The number of amides is 2. The van der Waals surface area contributed by atoms with E-state index in [9.17, 15) is 27.2 Å². The Morgan fingerprint density at radius 1 is 1.00 bits per heavy atom. The van der Waals surface area contributed by atoms with E-state index in [-0.39, 0.29) is 29.3 Å². The van der Waals surface area contributed by atoms with E-state index in [0.29, 0.717) is 18.5 Å². The molecule has 2 amide bonds. The number of rotatable bonds is 5. The van der Waals surface area contributed by atoms with Crippen molar-refractivity contribution in [3.8, 4) is 11.1 Å². The van der Waals surface area contributed by atoms with Crippen molar-refractivity contribution < 1.29 is 31.9 Å². The number of halogens is 4. The van der Waals surface area contributed by atoms with E-state index in [1.165, 1.54) is 24.3 Å². The second kappa shape index (κ2) is 9.77. The first-order valence-corrected chi connectivity index (χ1v) is 11.0. The lowest BCUT2D eigenvalue weighted by Crippen LogP contribution is -2.35. The van der Waals surface area contributed by atoms with E-state index in [4.69, 9.17) is 4.74 Å². The fraction of sp³-hybridized carbons (Fsp3) is 0.231. The highest BCUT2D eigenvalue weighted by Gasteiger charge is 2.30. The molecule has 182 valence electrons. The molecule has 0 radical (unpaired) electrons. The number of hydrogen-bond acceptors (Lipinski definition) is 3. The standard InChI is InChI=1S/C26H22F4N2O3/c1-2-35-25(34)32-20-12-16-8-11-19(13-17(16)14-20)31-24(33)23-21(4-3-5-22(23)27)15-6-9-18(10-7-15)26(28,29)30/h3-11,13,20H,2,12,14H2,1H3,(H,31,33)(H,32,34). The van der Waals surface area contributed by atoms with Crippen LogP contribution in [0.4, 0.5) is 28.0 Å². The first-order chi connectivity index (χ1) is 16.7. The molecule has 9 heteroatoms. The fourth-order valence-electron chi connectivity index (χ4n) is 4.17. The number of hydrogen-bond donors (Lipinski definition) is 2. The minimum absolute atomic E-state index is 0.132. The van der Waals surface area contributed by atoms with Crippen LogP contribution in [0.2, 0.25) is 0 Å². The van der Waals surface area contributed by atoms with Gasteiger partial charge in [-0.15, -0.1) is 0 Å². The summed E-state index contributed by atoms with van der Waals surface area (Å²) in [6.45, 7) is 1.99. The lowest BCUT2D eigenvalue weighted by atomic mass is 9.97. The highest BCUT2D eigenvalue weighted by Crippen LogP contribution is 2.33. The normalized spacial score (nSPS) is 14.8. The van der Waals surface area contributed by atoms with Crippen LogP contribution < -0.4 is 10.6 Å². The van der Waals surface area contributed by atoms with E-state index in [1.54, 1.807) is 19.1 Å². The van der Waals surface area contributed by atoms with Gasteiger partial charge >= 0.3 is 12.3 Å². The molecule has 0 saturated heterocycles. The minimum atomic E-state index is -4.50. The fourth-order valence-corrected chi connectivity index (χ4v) is 4.17. The van der Waals surface area contributed by atoms with Gasteiger partial charge in [0.1, 0.15) is 5.82 Å². The Labute approximate surface area is 199 Å². The Morgan fingerprint density at radius 2 is 1.71 bits per heavy atom. The Balaban J connectivity index is 1.54. The smallest absolute Gasteiger partial charge is 0.416 e. The molecular weight excluding hydrogens is 464 g/mol. The molecule has 0 aromatic heterocycles. The Bertz CT molecular complexity index is 1260. The zero-order chi connectivity index (χ0) is 25.2. The molecule has 1 unspecified atom stereocenters. The molecule has 1 aliphatic carbocycles. The number of alkyl carbamates (subject to hydrolysis) is 1. The summed E-state index contributed by atoms with van der Waals surface area (Å²) < 4.78 is 58.3. The zero-order valence-electron chi connectivity index (χ0n) is 18.7. The van der Waals surface area contributed by atoms with Gasteiger partial charge in [0.2, 0.25) is 0 Å². The maximum atomic E-state index is 14.7. The lowest BCUT2D eigenvalue weighted by molar-refractivity contribution is -0.137. The minimum Gasteiger partial charge on any atom is -0.450 e. The van der Waals surface area contributed by atoms with Crippen molar-refractivity contribution in [2.45, 2.75) is 32.0 Å². The van der Waals surface area contributed by atoms with E-state index in [1.807, 2.05) is 6.07 Å². The number of ether oxygens (including phenoxy) is 1. The summed E-state index contributed by atoms with van der Waals surface area (Å²) in [5.74, 6) is -1.52. The third-order valence-electron chi connectivity index (χ3n) is 5.76. The van der Waals surface area contributed by atoms with Gasteiger partial charge in [0.25, 0.3) is 5.91 Å². The predicted molar refractivity (Wildman–Crippen MR) is 123 cm³/mol. The number of carbonyl (C=O) groups is 2. The van der Waals surface area contributed by atoms with Gasteiger partial charge in [-0.1, -0.05) is 30.3 Å². The summed E-state index contributed by atoms with van der Waals surface area (Å²) in [6, 6.07) is 13.3. The van der Waals surface area contributed by atoms with Crippen LogP contribution in [0.5, 0.6) is 0 Å². The number of alkyl halides is 3. The van der Waals surface area contributed by atoms with Crippen LogP contribution in [0.25, 0.3) is 11.1 Å². The molecule has 4 rings (SSSR count). The van der Waals surface area contributed by atoms with E-state index >= 15 is 0 Å². The maximum Gasteiger partial charge on any atom is 0.416 e. The van der Waals surface area contributed by atoms with Gasteiger partial charge in [0.15, 0.2) is 0 Å². The van der Waals surface area contributed by atoms with Crippen LogP contribution in [-0.4, -0.2) is 24.6 Å². The third kappa shape index (κ3) is 5.45. The van der Waals surface area contributed by atoms with Crippen LogP contribution in [0.1, 0.15) is 34.0 Å². The van der Waals surface area contributed by atoms with Crippen LogP contribution >= 0.6 is 0 Å². The predicted octanol–water partition coefficient (Wildman–Crippen LogP) is 5.98. The summed E-state index contributed by atoms with van der Waals surface area (Å²) >= 11 is 0. The average Bonchev–Trinajstić information content (AvgIpc) is 3.19. The Hall–Kier alpha value is -3.88. The molecule has 2 N–H and O–H groups in total. The van der Waals surface area contributed by atoms with Gasteiger partial charge in [0.05, 0.1) is 17.7 Å². The summed E-state index contributed by atoms with van der Waals surface area (Å²) in [5, 5.41) is 5.47. The number of nitrogens with one attached hydrogen (secondary N) is 2. The number of fused-ring (bicyclic) bond motifs is 1. The van der Waals surface area contributed by atoms with Gasteiger partial charge in [-0.2, -0.15) is 13.2 Å². The molecule has 3 aromatic rings. The van der Waals surface area contributed by atoms with Gasteiger partial charge in [-0.05, 0) is 72.4 Å². The van der Waals surface area contributed by atoms with Crippen molar-refractivity contribution in [1.82, 2.24) is 5.32 Å². The number of benzene rings is 3. The van der Waals surface area contributed by atoms with Crippen LogP contribution in [0.3, 0.4) is 0 Å².